The van der Waals surface area contributed by atoms with Crippen LogP contribution in [-0.2, 0) is 0 Å². The zero-order chi connectivity index (χ0) is 17.4. The molecule has 2 aromatic heterocycles. The van der Waals surface area contributed by atoms with Crippen LogP contribution in [0.15, 0.2) is 18.5 Å². The third kappa shape index (κ3) is 2.91. The highest BCUT2D eigenvalue weighted by atomic mass is 35.5. The fraction of sp³-hybridized carbons (Fsp3) is 0.312. The molecule has 126 valence electrons. The van der Waals surface area contributed by atoms with E-state index in [0.717, 1.165) is 12.1 Å². The van der Waals surface area contributed by atoms with E-state index in [9.17, 15) is 8.78 Å². The summed E-state index contributed by atoms with van der Waals surface area (Å²) in [5, 5.41) is 7.32. The van der Waals surface area contributed by atoms with E-state index in [1.54, 1.807) is 0 Å². The fourth-order valence-electron chi connectivity index (χ4n) is 2.36. The van der Waals surface area contributed by atoms with Gasteiger partial charge in [-0.3, -0.25) is 0 Å². The van der Waals surface area contributed by atoms with Crippen LogP contribution in [0, 0.1) is 24.5 Å². The Labute approximate surface area is 142 Å². The molecule has 0 spiro atoms. The van der Waals surface area contributed by atoms with Crippen molar-refractivity contribution >= 4 is 23.2 Å². The number of hydrogen-bond donors (Lipinski definition) is 1. The summed E-state index contributed by atoms with van der Waals surface area (Å²) in [4.78, 5) is 8.12. The predicted molar refractivity (Wildman–Crippen MR) is 89.2 cm³/mol. The van der Waals surface area contributed by atoms with Gasteiger partial charge in [-0.05, 0) is 30.5 Å². The maximum Gasteiger partial charge on any atom is 0.255 e. The second kappa shape index (κ2) is 6.32. The monoisotopic (exact) mass is 351 g/mol. The highest BCUT2D eigenvalue weighted by Crippen LogP contribution is 2.36. The molecular weight excluding hydrogens is 336 g/mol. The molecule has 0 unspecified atom stereocenters. The van der Waals surface area contributed by atoms with Gasteiger partial charge >= 0.3 is 0 Å². The average molecular weight is 352 g/mol. The van der Waals surface area contributed by atoms with Gasteiger partial charge in [0.05, 0.1) is 5.56 Å². The lowest BCUT2D eigenvalue weighted by molar-refractivity contribution is 0.595. The van der Waals surface area contributed by atoms with E-state index in [0.29, 0.717) is 18.3 Å². The number of anilines is 1. The molecule has 0 saturated heterocycles. The van der Waals surface area contributed by atoms with Crippen LogP contribution in [0.3, 0.4) is 0 Å². The minimum Gasteiger partial charge on any atom is -0.369 e. The lowest BCUT2D eigenvalue weighted by Gasteiger charge is -2.16. The van der Waals surface area contributed by atoms with Crippen molar-refractivity contribution in [1.82, 2.24) is 19.6 Å². The summed E-state index contributed by atoms with van der Waals surface area (Å²) in [7, 11) is 0. The Bertz CT molecular complexity index is 907. The molecule has 8 heteroatoms. The minimum atomic E-state index is -0.579. The molecule has 0 aliphatic carbocycles. The fourth-order valence-corrected chi connectivity index (χ4v) is 2.62. The number of hydrogen-bond acceptors (Lipinski definition) is 4. The summed E-state index contributed by atoms with van der Waals surface area (Å²) in [5.41, 5.74) is 0.504. The molecule has 0 aliphatic heterocycles. The number of fused-ring (bicyclic) bond motifs is 1. The van der Waals surface area contributed by atoms with E-state index in [-0.39, 0.29) is 27.6 Å². The van der Waals surface area contributed by atoms with Gasteiger partial charge in [0.1, 0.15) is 28.9 Å². The molecule has 0 radical (unpaired) electrons. The summed E-state index contributed by atoms with van der Waals surface area (Å²) in [6, 6.07) is 2.26. The van der Waals surface area contributed by atoms with Crippen LogP contribution in [0.4, 0.5) is 14.6 Å². The zero-order valence-corrected chi connectivity index (χ0v) is 14.2. The lowest BCUT2D eigenvalue weighted by Crippen LogP contribution is -2.14. The molecule has 0 aliphatic rings. The average Bonchev–Trinajstić information content (AvgIpc) is 2.96. The Balaban J connectivity index is 2.28. The van der Waals surface area contributed by atoms with E-state index < -0.39 is 11.6 Å². The first-order chi connectivity index (χ1) is 11.4. The summed E-state index contributed by atoms with van der Waals surface area (Å²) >= 11 is 6.26. The first kappa shape index (κ1) is 16.6. The molecule has 1 aromatic carbocycles. The van der Waals surface area contributed by atoms with Crippen LogP contribution in [0.2, 0.25) is 5.15 Å². The van der Waals surface area contributed by atoms with E-state index in [1.165, 1.54) is 17.8 Å². The number of aromatic nitrogens is 4. The molecular formula is C16H16ClF2N5. The third-order valence-corrected chi connectivity index (χ3v) is 3.85. The number of rotatable bonds is 4. The third-order valence-electron chi connectivity index (χ3n) is 3.58. The van der Waals surface area contributed by atoms with Gasteiger partial charge in [0, 0.05) is 12.1 Å². The Kier molecular flexibility index (Phi) is 4.36. The van der Waals surface area contributed by atoms with Gasteiger partial charge in [0.25, 0.3) is 5.78 Å². The molecule has 0 atom stereocenters. The van der Waals surface area contributed by atoms with Gasteiger partial charge < -0.3 is 5.32 Å². The smallest absolute Gasteiger partial charge is 0.255 e. The summed E-state index contributed by atoms with van der Waals surface area (Å²) in [6.45, 7) is 6.15. The Morgan fingerprint density at radius 1 is 1.25 bits per heavy atom. The van der Waals surface area contributed by atoms with Gasteiger partial charge in [-0.2, -0.15) is 19.6 Å². The van der Waals surface area contributed by atoms with Gasteiger partial charge in [0.2, 0.25) is 0 Å². The topological polar surface area (TPSA) is 55.1 Å². The lowest BCUT2D eigenvalue weighted by atomic mass is 10.0. The molecule has 2 heterocycles. The Morgan fingerprint density at radius 2 is 2.00 bits per heavy atom. The molecule has 5 nitrogen and oxygen atoms in total. The minimum absolute atomic E-state index is 0.0271. The van der Waals surface area contributed by atoms with Crippen LogP contribution in [-0.4, -0.2) is 26.1 Å². The van der Waals surface area contributed by atoms with Crippen molar-refractivity contribution in [3.05, 3.63) is 40.8 Å². The van der Waals surface area contributed by atoms with Crippen LogP contribution in [0.1, 0.15) is 19.4 Å². The number of aryl methyl sites for hydroxylation is 1. The highest BCUT2D eigenvalue weighted by Gasteiger charge is 2.21. The van der Waals surface area contributed by atoms with E-state index in [1.807, 2.05) is 13.8 Å². The van der Waals surface area contributed by atoms with Gasteiger partial charge in [-0.25, -0.2) is 8.78 Å². The van der Waals surface area contributed by atoms with Crippen LogP contribution >= 0.6 is 11.6 Å². The van der Waals surface area contributed by atoms with Crippen LogP contribution in [0.25, 0.3) is 16.9 Å². The van der Waals surface area contributed by atoms with Crippen molar-refractivity contribution in [1.29, 1.82) is 0 Å². The molecule has 0 bridgehead atoms. The van der Waals surface area contributed by atoms with Gasteiger partial charge in [-0.15, -0.1) is 0 Å². The van der Waals surface area contributed by atoms with Crippen molar-refractivity contribution in [2.24, 2.45) is 5.92 Å². The van der Waals surface area contributed by atoms with Gasteiger partial charge in [-0.1, -0.05) is 25.4 Å². The summed E-state index contributed by atoms with van der Waals surface area (Å²) < 4.78 is 29.9. The normalized spacial score (nSPS) is 11.5. The number of nitrogens with one attached hydrogen (secondary N) is 1. The van der Waals surface area contributed by atoms with Crippen LogP contribution in [0.5, 0.6) is 0 Å². The van der Waals surface area contributed by atoms with Crippen LogP contribution < -0.4 is 5.32 Å². The summed E-state index contributed by atoms with van der Waals surface area (Å²) in [6.07, 6.45) is 1.33. The first-order valence-electron chi connectivity index (χ1n) is 7.47. The highest BCUT2D eigenvalue weighted by molar-refractivity contribution is 6.33. The zero-order valence-electron chi connectivity index (χ0n) is 13.4. The molecule has 0 saturated carbocycles. The maximum atomic E-state index is 14.5. The SMILES string of the molecule is Cc1cc(F)c(-c2c(Cl)nc3ncnn3c2NCC(C)C)cc1F. The standard InChI is InChI=1S/C16H16ClF2N5/c1-8(2)6-20-15-13(10-5-11(18)9(3)4-12(10)19)14(17)23-16-21-7-22-24(15)16/h4-5,7-8,20H,6H2,1-3H3. The number of nitrogens with zero attached hydrogens (tertiary/aromatic N) is 4. The Hall–Kier alpha value is -2.28. The van der Waals surface area contributed by atoms with Crippen molar-refractivity contribution in [2.45, 2.75) is 20.8 Å². The van der Waals surface area contributed by atoms with Crippen molar-refractivity contribution in [3.63, 3.8) is 0 Å². The maximum absolute atomic E-state index is 14.5. The molecule has 3 aromatic rings. The van der Waals surface area contributed by atoms with E-state index in [2.05, 4.69) is 20.4 Å². The van der Waals surface area contributed by atoms with Crippen molar-refractivity contribution < 1.29 is 8.78 Å². The largest absolute Gasteiger partial charge is 0.369 e. The van der Waals surface area contributed by atoms with Gasteiger partial charge in [0.15, 0.2) is 0 Å². The molecule has 3 rings (SSSR count). The second-order valence-corrected chi connectivity index (χ2v) is 6.31. The van der Waals surface area contributed by atoms with Crippen molar-refractivity contribution in [2.75, 3.05) is 11.9 Å². The number of benzene rings is 1. The molecule has 0 amide bonds. The molecule has 1 N–H and O–H groups in total. The molecule has 24 heavy (non-hydrogen) atoms. The second-order valence-electron chi connectivity index (χ2n) is 5.95. The van der Waals surface area contributed by atoms with E-state index in [4.69, 9.17) is 11.6 Å². The quantitative estimate of drug-likeness (QED) is 0.719. The number of halogens is 3. The summed E-state index contributed by atoms with van der Waals surface area (Å²) in [5.74, 6) is -0.0649. The first-order valence-corrected chi connectivity index (χ1v) is 7.85. The predicted octanol–water partition coefficient (Wildman–Crippen LogP) is 4.10. The van der Waals surface area contributed by atoms with Crippen molar-refractivity contribution in [3.8, 4) is 11.1 Å². The Morgan fingerprint density at radius 3 is 2.71 bits per heavy atom. The van der Waals surface area contributed by atoms with E-state index >= 15 is 0 Å². The molecule has 0 fully saturated rings.